The van der Waals surface area contributed by atoms with Gasteiger partial charge < -0.3 is 21.7 Å². The number of benzene rings is 6. The monoisotopic (exact) mass is 870 g/mol. The first kappa shape index (κ1) is 41.3. The molecule has 0 spiro atoms. The molecule has 0 heterocycles. The van der Waals surface area contributed by atoms with Crippen LogP contribution in [0.15, 0.2) is 125 Å². The Morgan fingerprint density at radius 2 is 0.776 bits per heavy atom. The van der Waals surface area contributed by atoms with Crippen molar-refractivity contribution in [3.8, 4) is 11.5 Å². The third-order valence-electron chi connectivity index (χ3n) is 8.23. The lowest BCUT2D eigenvalue weighted by Gasteiger charge is -2.10. The number of rotatable bonds is 10. The first-order chi connectivity index (χ1) is 26.9. The van der Waals surface area contributed by atoms with Crippen LogP contribution in [0.1, 0.15) is 11.1 Å². The van der Waals surface area contributed by atoms with Gasteiger partial charge in [0, 0.05) is 22.1 Å². The third-order valence-corrected chi connectivity index (χ3v) is 11.8. The molecule has 0 radical (unpaired) electrons. The Labute approximate surface area is 328 Å². The van der Waals surface area contributed by atoms with Crippen LogP contribution in [0.4, 0.5) is 34.1 Å². The summed E-state index contributed by atoms with van der Waals surface area (Å²) in [4.78, 5) is -3.31. The van der Waals surface area contributed by atoms with Gasteiger partial charge in [-0.25, -0.2) is 0 Å². The van der Waals surface area contributed by atoms with Gasteiger partial charge in [0.25, 0.3) is 40.5 Å². The van der Waals surface area contributed by atoms with E-state index in [1.165, 1.54) is 36.4 Å². The Hall–Kier alpha value is -6.38. The van der Waals surface area contributed by atoms with Crippen molar-refractivity contribution in [2.75, 3.05) is 11.5 Å². The normalized spacial score (nSPS) is 13.1. The molecular weight excluding hydrogens is 845 g/mol. The molecule has 6 aromatic carbocycles. The van der Waals surface area contributed by atoms with Crippen LogP contribution in [0, 0.1) is 0 Å². The number of anilines is 2. The van der Waals surface area contributed by atoms with E-state index in [0.717, 1.165) is 60.7 Å². The Morgan fingerprint density at radius 3 is 1.10 bits per heavy atom. The van der Waals surface area contributed by atoms with Crippen molar-refractivity contribution in [2.24, 2.45) is 20.5 Å². The summed E-state index contributed by atoms with van der Waals surface area (Å²) in [6.45, 7) is 0. The molecule has 0 amide bonds. The number of aromatic hydroxyl groups is 2. The molecule has 0 aliphatic heterocycles. The highest BCUT2D eigenvalue weighted by atomic mass is 32.2. The molecule has 24 heteroatoms. The molecular formula is C34H26N6O14S4. The fourth-order valence-corrected chi connectivity index (χ4v) is 8.31. The van der Waals surface area contributed by atoms with Crippen LogP contribution < -0.4 is 11.5 Å². The van der Waals surface area contributed by atoms with E-state index in [4.69, 9.17) is 11.5 Å². The third kappa shape index (κ3) is 8.62. The van der Waals surface area contributed by atoms with Crippen molar-refractivity contribution in [2.45, 2.75) is 19.6 Å². The van der Waals surface area contributed by atoms with E-state index in [0.29, 0.717) is 0 Å². The van der Waals surface area contributed by atoms with Gasteiger partial charge in [-0.15, -0.1) is 10.2 Å². The van der Waals surface area contributed by atoms with Crippen molar-refractivity contribution in [3.05, 3.63) is 96.1 Å². The van der Waals surface area contributed by atoms with Gasteiger partial charge >= 0.3 is 0 Å². The Balaban J connectivity index is 1.38. The minimum absolute atomic E-state index is 0.0438. The molecule has 0 saturated heterocycles. The van der Waals surface area contributed by atoms with Crippen molar-refractivity contribution >= 4 is 108 Å². The number of hydrogen-bond donors (Lipinski definition) is 8. The van der Waals surface area contributed by atoms with Crippen LogP contribution in [0.2, 0.25) is 0 Å². The second kappa shape index (κ2) is 14.8. The molecule has 300 valence electrons. The SMILES string of the molecule is Nc1ccc2cc(S(=O)(=O)O)c(/N=N/c3ccc(/C=C/c4ccc(/N=N/c5c(S(=O)(=O)O)cc6ccc(N)cc6c5O)cc4S(=O)(=O)O)c(S(=O)(=O)O)c3)c(O)c2c1. The molecule has 0 saturated carbocycles. The number of nitrogens with zero attached hydrogens (tertiary/aromatic N) is 4. The number of phenols is 2. The van der Waals surface area contributed by atoms with E-state index < -0.39 is 82.9 Å². The zero-order chi connectivity index (χ0) is 42.5. The van der Waals surface area contributed by atoms with Gasteiger partial charge in [0.05, 0.1) is 11.4 Å². The highest BCUT2D eigenvalue weighted by molar-refractivity contribution is 7.86. The van der Waals surface area contributed by atoms with Gasteiger partial charge in [-0.2, -0.15) is 43.9 Å². The first-order valence-corrected chi connectivity index (χ1v) is 21.5. The summed E-state index contributed by atoms with van der Waals surface area (Å²) < 4.78 is 138. The Kier molecular flexibility index (Phi) is 10.6. The Bertz CT molecular complexity index is 3060. The van der Waals surface area contributed by atoms with Crippen molar-refractivity contribution in [1.29, 1.82) is 0 Å². The molecule has 6 rings (SSSR count). The van der Waals surface area contributed by atoms with Gasteiger partial charge in [-0.3, -0.25) is 18.2 Å². The fourth-order valence-electron chi connectivity index (χ4n) is 5.59. The van der Waals surface area contributed by atoms with Crippen LogP contribution >= 0.6 is 0 Å². The molecule has 0 fully saturated rings. The average molecular weight is 871 g/mol. The molecule has 0 aliphatic carbocycles. The van der Waals surface area contributed by atoms with Crippen LogP contribution in [0.5, 0.6) is 11.5 Å². The number of nitrogens with two attached hydrogens (primary N) is 2. The van der Waals surface area contributed by atoms with Gasteiger partial charge in [0.15, 0.2) is 11.5 Å². The van der Waals surface area contributed by atoms with Crippen molar-refractivity contribution in [1.82, 2.24) is 0 Å². The second-order valence-corrected chi connectivity index (χ2v) is 17.7. The van der Waals surface area contributed by atoms with Crippen LogP contribution in [0.3, 0.4) is 0 Å². The minimum atomic E-state index is -5.06. The maximum atomic E-state index is 12.4. The number of fused-ring (bicyclic) bond motifs is 2. The maximum absolute atomic E-state index is 12.4. The lowest BCUT2D eigenvalue weighted by molar-refractivity contribution is 0.471. The lowest BCUT2D eigenvalue weighted by Crippen LogP contribution is -2.01. The number of hydrogen-bond acceptors (Lipinski definition) is 16. The first-order valence-electron chi connectivity index (χ1n) is 15.7. The van der Waals surface area contributed by atoms with Crippen LogP contribution in [0.25, 0.3) is 33.7 Å². The van der Waals surface area contributed by atoms with E-state index >= 15 is 0 Å². The highest BCUT2D eigenvalue weighted by Crippen LogP contribution is 2.43. The standard InChI is InChI=1S/C34H26N6O14S4/c35-21-7-3-19-11-29(57(49,50)51)31(33(41)25(19)13-21)39-37-23-9-5-17(27(15-23)55(43,44)45)1-2-18-6-10-24(16-28(18)56(46,47)48)38-40-32-30(58(52,53)54)12-20-4-8-22(36)14-26(20)34(32)42/h1-16,41-42H,35-36H2,(H,43,44,45)(H,46,47,48)(H,49,50,51)(H,52,53,54)/b2-1+,39-37+,40-38+. The molecule has 10 N–H and O–H groups in total. The summed E-state index contributed by atoms with van der Waals surface area (Å²) in [5.41, 5.74) is 9.31. The summed E-state index contributed by atoms with van der Waals surface area (Å²) in [6.07, 6.45) is 2.06. The van der Waals surface area contributed by atoms with Crippen molar-refractivity contribution < 1.29 is 62.1 Å². The molecule has 0 unspecified atom stereocenters. The largest absolute Gasteiger partial charge is 0.505 e. The van der Waals surface area contributed by atoms with Gasteiger partial charge in [0.1, 0.15) is 31.0 Å². The van der Waals surface area contributed by atoms with Gasteiger partial charge in [0.2, 0.25) is 0 Å². The molecule has 0 aliphatic rings. The summed E-state index contributed by atoms with van der Waals surface area (Å²) in [5, 5.41) is 37.1. The van der Waals surface area contributed by atoms with Crippen LogP contribution in [-0.4, -0.2) is 62.1 Å². The van der Waals surface area contributed by atoms with Crippen molar-refractivity contribution in [3.63, 3.8) is 0 Å². The van der Waals surface area contributed by atoms with E-state index in [-0.39, 0.29) is 55.4 Å². The minimum Gasteiger partial charge on any atom is -0.505 e. The van der Waals surface area contributed by atoms with Gasteiger partial charge in [-0.1, -0.05) is 36.4 Å². The molecule has 0 aromatic heterocycles. The summed E-state index contributed by atoms with van der Waals surface area (Å²) in [7, 11) is -20.1. The number of phenolic OH excluding ortho intramolecular Hbond substituents is 2. The topological polar surface area (TPSA) is 359 Å². The van der Waals surface area contributed by atoms with Crippen LogP contribution in [-0.2, 0) is 40.5 Å². The molecule has 20 nitrogen and oxygen atoms in total. The zero-order valence-corrected chi connectivity index (χ0v) is 32.0. The van der Waals surface area contributed by atoms with E-state index in [1.54, 1.807) is 0 Å². The second-order valence-electron chi connectivity index (χ2n) is 12.2. The summed E-state index contributed by atoms with van der Waals surface area (Å²) in [5.74, 6) is -1.48. The van der Waals surface area contributed by atoms with Gasteiger partial charge in [-0.05, 0) is 82.6 Å². The molecule has 58 heavy (non-hydrogen) atoms. The smallest absolute Gasteiger partial charge is 0.296 e. The predicted octanol–water partition coefficient (Wildman–Crippen LogP) is 6.56. The predicted molar refractivity (Wildman–Crippen MR) is 209 cm³/mol. The quantitative estimate of drug-likeness (QED) is 0.0313. The number of azo groups is 2. The maximum Gasteiger partial charge on any atom is 0.296 e. The molecule has 0 bridgehead atoms. The number of nitrogen functional groups attached to an aromatic ring is 2. The van der Waals surface area contributed by atoms with E-state index in [2.05, 4.69) is 20.5 Å². The molecule has 0 atom stereocenters. The lowest BCUT2D eigenvalue weighted by atomic mass is 10.1. The van der Waals surface area contributed by atoms with E-state index in [1.807, 2.05) is 0 Å². The van der Waals surface area contributed by atoms with E-state index in [9.17, 15) is 62.1 Å². The average Bonchev–Trinajstić information content (AvgIpc) is 3.12. The fraction of sp³-hybridized carbons (Fsp3) is 0. The molecule has 6 aromatic rings. The Morgan fingerprint density at radius 1 is 0.431 bits per heavy atom. The zero-order valence-electron chi connectivity index (χ0n) is 28.8. The highest BCUT2D eigenvalue weighted by Gasteiger charge is 2.24. The summed E-state index contributed by atoms with van der Waals surface area (Å²) in [6, 6.07) is 16.3. The summed E-state index contributed by atoms with van der Waals surface area (Å²) >= 11 is 0.